The Morgan fingerprint density at radius 2 is 2.13 bits per heavy atom. The summed E-state index contributed by atoms with van der Waals surface area (Å²) in [7, 11) is 1.27. The van der Waals surface area contributed by atoms with Crippen LogP contribution in [0.25, 0.3) is 10.9 Å². The van der Waals surface area contributed by atoms with Gasteiger partial charge in [-0.2, -0.15) is 4.57 Å². The van der Waals surface area contributed by atoms with Crippen LogP contribution in [0, 0.1) is 5.82 Å². The number of benzene rings is 1. The summed E-state index contributed by atoms with van der Waals surface area (Å²) < 4.78 is 19.1. The summed E-state index contributed by atoms with van der Waals surface area (Å²) >= 11 is 2.43. The molecule has 4 aromatic rings. The van der Waals surface area contributed by atoms with Crippen LogP contribution in [0.4, 0.5) is 9.52 Å². The summed E-state index contributed by atoms with van der Waals surface area (Å²) in [4.78, 5) is 53.4. The number of aliphatic imine (C=N–C) groups is 1. The van der Waals surface area contributed by atoms with Gasteiger partial charge in [-0.05, 0) is 31.5 Å². The van der Waals surface area contributed by atoms with Crippen molar-refractivity contribution in [3.63, 3.8) is 0 Å². The Bertz CT molecular complexity index is 2160. The van der Waals surface area contributed by atoms with Crippen molar-refractivity contribution in [1.29, 1.82) is 0 Å². The molecule has 2 fully saturated rings. The minimum atomic E-state index is -1.50. The molecular weight excluding hydrogens is 712 g/mol. The van der Waals surface area contributed by atoms with Crippen molar-refractivity contribution in [2.24, 2.45) is 15.9 Å². The number of carboxylic acid groups (broad SMARTS) is 1. The predicted octanol–water partition coefficient (Wildman–Crippen LogP) is 0.0668. The Hall–Kier alpha value is -5.33. The number of hydrogen-bond donors (Lipinski definition) is 4. The third-order valence-electron chi connectivity index (χ3n) is 9.12. The number of carboxylic acids is 1. The maximum Gasteiger partial charge on any atom is 0.276 e. The molecule has 1 aromatic carbocycles. The van der Waals surface area contributed by atoms with E-state index < -0.39 is 35.0 Å². The highest BCUT2D eigenvalue weighted by molar-refractivity contribution is 8.00. The highest BCUT2D eigenvalue weighted by atomic mass is 32.2. The average molecular weight is 747 g/mol. The third-order valence-corrected chi connectivity index (χ3v) is 11.1. The number of pyridine rings is 1. The van der Waals surface area contributed by atoms with E-state index in [1.165, 1.54) is 30.3 Å². The number of thiazole rings is 1. The van der Waals surface area contributed by atoms with E-state index in [-0.39, 0.29) is 47.1 Å². The summed E-state index contributed by atoms with van der Waals surface area (Å²) in [5, 5.41) is 24.1. The van der Waals surface area contributed by atoms with E-state index in [4.69, 9.17) is 16.3 Å². The number of anilines is 1. The third kappa shape index (κ3) is 6.96. The zero-order valence-corrected chi connectivity index (χ0v) is 29.6. The summed E-state index contributed by atoms with van der Waals surface area (Å²) in [6, 6.07) is 7.76. The zero-order valence-electron chi connectivity index (χ0n) is 28.0. The highest BCUT2D eigenvalue weighted by Crippen LogP contribution is 2.40. The first-order chi connectivity index (χ1) is 25.1. The summed E-state index contributed by atoms with van der Waals surface area (Å²) in [6.45, 7) is 2.11. The molecule has 0 saturated carbocycles. The van der Waals surface area contributed by atoms with Gasteiger partial charge in [0.05, 0.1) is 24.3 Å². The summed E-state index contributed by atoms with van der Waals surface area (Å²) in [5.41, 5.74) is 14.0. The topological polar surface area (TPSA) is 209 Å². The molecule has 0 bridgehead atoms. The molecular formula is C34H35FN10O5S2. The fraction of sp³-hybridized carbons (Fsp3) is 0.324. The predicted molar refractivity (Wildman–Crippen MR) is 191 cm³/mol. The molecule has 18 heteroatoms. The number of amides is 2. The van der Waals surface area contributed by atoms with Crippen molar-refractivity contribution in [3.05, 3.63) is 88.2 Å². The van der Waals surface area contributed by atoms with Gasteiger partial charge in [-0.3, -0.25) is 19.5 Å². The van der Waals surface area contributed by atoms with Crippen molar-refractivity contribution in [2.75, 3.05) is 31.7 Å². The maximum absolute atomic E-state index is 15.4. The van der Waals surface area contributed by atoms with Gasteiger partial charge in [0.2, 0.25) is 0 Å². The largest absolute Gasteiger partial charge is 0.543 e. The summed E-state index contributed by atoms with van der Waals surface area (Å²) in [6.07, 6.45) is 7.48. The van der Waals surface area contributed by atoms with Gasteiger partial charge in [0.25, 0.3) is 11.8 Å². The van der Waals surface area contributed by atoms with E-state index >= 15 is 4.39 Å². The van der Waals surface area contributed by atoms with Crippen LogP contribution in [0.15, 0.2) is 75.7 Å². The molecule has 6 N–H and O–H groups in total. The fourth-order valence-electron chi connectivity index (χ4n) is 6.55. The van der Waals surface area contributed by atoms with E-state index in [1.54, 1.807) is 12.1 Å². The molecule has 270 valence electrons. The molecule has 3 atom stereocenters. The molecule has 0 aliphatic carbocycles. The number of carbonyl (C=O) groups is 3. The number of piperidine rings is 1. The number of carbonyl (C=O) groups excluding carboxylic acids is 3. The van der Waals surface area contributed by atoms with Crippen molar-refractivity contribution < 1.29 is 33.3 Å². The number of nitrogens with one attached hydrogen (secondary N) is 2. The highest BCUT2D eigenvalue weighted by Gasteiger charge is 2.53. The second kappa shape index (κ2) is 14.7. The van der Waals surface area contributed by atoms with Crippen molar-refractivity contribution >= 4 is 68.5 Å². The molecule has 7 rings (SSSR count). The lowest BCUT2D eigenvalue weighted by atomic mass is 10.0. The number of nitrogen functional groups attached to an aromatic ring is 1. The van der Waals surface area contributed by atoms with Crippen LogP contribution in [0.5, 0.6) is 0 Å². The fourth-order valence-corrected chi connectivity index (χ4v) is 8.44. The van der Waals surface area contributed by atoms with Gasteiger partial charge < -0.3 is 41.4 Å². The smallest absolute Gasteiger partial charge is 0.276 e. The second-order valence-corrected chi connectivity index (χ2v) is 14.5. The normalized spacial score (nSPS) is 20.8. The number of hydrogen-bond acceptors (Lipinski definition) is 12. The molecule has 3 aliphatic heterocycles. The monoisotopic (exact) mass is 746 g/mol. The number of nitrogens with two attached hydrogens (primary N) is 2. The number of thioether (sulfide) groups is 1. The number of β-lactam (4-membered cyclic amide) rings is 1. The first-order valence-corrected chi connectivity index (χ1v) is 18.4. The number of halogens is 1. The van der Waals surface area contributed by atoms with Gasteiger partial charge in [-0.15, -0.1) is 23.1 Å². The molecule has 2 saturated heterocycles. The van der Waals surface area contributed by atoms with E-state index in [0.29, 0.717) is 22.5 Å². The molecule has 3 aromatic heterocycles. The van der Waals surface area contributed by atoms with Crippen LogP contribution < -0.4 is 31.8 Å². The minimum absolute atomic E-state index is 0.0726. The van der Waals surface area contributed by atoms with Gasteiger partial charge >= 0.3 is 0 Å². The lowest BCUT2D eigenvalue weighted by Crippen LogP contribution is -2.71. The number of aromatic nitrogens is 3. The first-order valence-electron chi connectivity index (χ1n) is 16.4. The van der Waals surface area contributed by atoms with E-state index in [2.05, 4.69) is 25.8 Å². The Labute approximate surface area is 305 Å². The molecule has 0 spiro atoms. The minimum Gasteiger partial charge on any atom is -0.543 e. The lowest BCUT2D eigenvalue weighted by Gasteiger charge is -2.50. The lowest BCUT2D eigenvalue weighted by molar-refractivity contribution is -0.687. The van der Waals surface area contributed by atoms with E-state index in [9.17, 15) is 19.5 Å². The molecule has 0 radical (unpaired) electrons. The van der Waals surface area contributed by atoms with Crippen LogP contribution in [0.2, 0.25) is 0 Å². The quantitative estimate of drug-likeness (QED) is 0.0534. The molecule has 3 aliphatic rings. The number of rotatable bonds is 11. The SMILES string of the molecule is CO/N=C(\C(=O)N[C@@H]1C(=O)N2C(C(=O)[O-])=C(C[n+]3ccc4ccn(Cc5ccc(C(N)=NC6CCCNC6)cc5F)c4c3)CS[C@H]12)c1csc(N)n1. The van der Waals surface area contributed by atoms with Gasteiger partial charge in [-0.25, -0.2) is 9.37 Å². The second-order valence-electron chi connectivity index (χ2n) is 12.5. The van der Waals surface area contributed by atoms with Crippen LogP contribution in [0.3, 0.4) is 0 Å². The molecule has 6 heterocycles. The Morgan fingerprint density at radius 3 is 2.85 bits per heavy atom. The van der Waals surface area contributed by atoms with Crippen LogP contribution in [-0.2, 0) is 32.3 Å². The average Bonchev–Trinajstić information content (AvgIpc) is 3.75. The van der Waals surface area contributed by atoms with Gasteiger partial charge in [-0.1, -0.05) is 17.3 Å². The maximum atomic E-state index is 15.4. The Morgan fingerprint density at radius 1 is 1.29 bits per heavy atom. The molecule has 1 unspecified atom stereocenters. The van der Waals surface area contributed by atoms with Crippen molar-refractivity contribution in [1.82, 2.24) is 25.1 Å². The zero-order chi connectivity index (χ0) is 36.5. The first kappa shape index (κ1) is 35.1. The van der Waals surface area contributed by atoms with Gasteiger partial charge in [0, 0.05) is 52.0 Å². The number of aliphatic carboxylic acids is 1. The number of amidine groups is 1. The molecule has 2 amide bonds. The molecule has 15 nitrogen and oxygen atoms in total. The standard InChI is InChI=1S/C34H35FN10O5S2/c1-50-42-26(24-17-52-34(37)40-24)30(46)41-27-31(47)45-28(33(48)49)21(16-51-32(27)45)13-43-9-6-18-7-10-44(25(18)15-43)14-20-5-4-19(11-23(20)35)29(36)39-22-3-2-8-38-12-22/h4-7,9-11,15,17,22,27,32,38H,2-3,8,12-14,16H2,1H3,(H5-,36,37,39,40,41,46,48,49)/b42-26-/t22?,27-,32-/m1/s1. The van der Waals surface area contributed by atoms with E-state index in [0.717, 1.165) is 53.1 Å². The number of oxime groups is 1. The Balaban J connectivity index is 1.06. The number of nitrogens with zero attached hydrogens (tertiary/aromatic N) is 6. The van der Waals surface area contributed by atoms with E-state index in [1.807, 2.05) is 39.9 Å². The van der Waals surface area contributed by atoms with Crippen LogP contribution >= 0.6 is 23.1 Å². The molecule has 52 heavy (non-hydrogen) atoms. The van der Waals surface area contributed by atoms with Crippen molar-refractivity contribution in [2.45, 2.75) is 43.4 Å². The van der Waals surface area contributed by atoms with Gasteiger partial charge in [0.1, 0.15) is 41.4 Å². The van der Waals surface area contributed by atoms with Crippen LogP contribution in [-0.4, -0.2) is 87.2 Å². The van der Waals surface area contributed by atoms with Crippen LogP contribution in [0.1, 0.15) is 29.7 Å². The summed E-state index contributed by atoms with van der Waals surface area (Å²) in [5.74, 6) is -2.64. The Kier molecular flexibility index (Phi) is 9.94. The van der Waals surface area contributed by atoms with Crippen molar-refractivity contribution in [3.8, 4) is 0 Å². The number of fused-ring (bicyclic) bond motifs is 2. The van der Waals surface area contributed by atoms with Gasteiger partial charge in [0.15, 0.2) is 29.8 Å².